The number of methoxy groups -OCH3 is 1. The Morgan fingerprint density at radius 1 is 0.944 bits per heavy atom. The minimum atomic E-state index is 0. The normalized spacial score (nSPS) is 9.39. The number of benzene rings is 2. The lowest BCUT2D eigenvalue weighted by Gasteiger charge is -2.04. The first-order chi connectivity index (χ1) is 8.33. The summed E-state index contributed by atoms with van der Waals surface area (Å²) in [5, 5.41) is 0. The van der Waals surface area contributed by atoms with Crippen LogP contribution in [-0.2, 0) is 11.2 Å². The van der Waals surface area contributed by atoms with Gasteiger partial charge in [0.1, 0.15) is 12.0 Å². The second kappa shape index (κ2) is 6.60. The number of ether oxygens (including phenoxy) is 1. The van der Waals surface area contributed by atoms with Crippen molar-refractivity contribution >= 4 is 6.29 Å². The summed E-state index contributed by atoms with van der Waals surface area (Å²) in [5.41, 5.74) is 3.32. The maximum Gasteiger partial charge on any atom is 0.124 e. The fraction of sp³-hybridized carbons (Fsp3) is 0.188. The molecule has 2 nitrogen and oxygen atoms in total. The van der Waals surface area contributed by atoms with Crippen LogP contribution in [0.2, 0.25) is 0 Å². The van der Waals surface area contributed by atoms with E-state index < -0.39 is 0 Å². The lowest BCUT2D eigenvalue weighted by atomic mass is 10.0. The van der Waals surface area contributed by atoms with Gasteiger partial charge in [0.15, 0.2) is 0 Å². The molecule has 0 atom stereocenters. The lowest BCUT2D eigenvalue weighted by molar-refractivity contribution is -0.107. The summed E-state index contributed by atoms with van der Waals surface area (Å²) in [6.45, 7) is 0. The second-order valence-corrected chi connectivity index (χ2v) is 3.80. The molecule has 0 N–H and O–H groups in total. The van der Waals surface area contributed by atoms with E-state index in [1.807, 2.05) is 48.5 Å². The highest BCUT2D eigenvalue weighted by molar-refractivity contribution is 5.65. The number of carbonyl (C=O) groups is 1. The molecule has 94 valence electrons. The molecule has 0 radical (unpaired) electrons. The van der Waals surface area contributed by atoms with E-state index in [1.54, 1.807) is 7.11 Å². The van der Waals surface area contributed by atoms with E-state index in [-0.39, 0.29) is 7.43 Å². The maximum atomic E-state index is 10.4. The lowest BCUT2D eigenvalue weighted by Crippen LogP contribution is -1.86. The minimum absolute atomic E-state index is 0. The summed E-state index contributed by atoms with van der Waals surface area (Å²) in [6.07, 6.45) is 1.39. The molecule has 0 aromatic heterocycles. The predicted molar refractivity (Wildman–Crippen MR) is 74.9 cm³/mol. The van der Waals surface area contributed by atoms with Gasteiger partial charge in [-0.25, -0.2) is 0 Å². The van der Waals surface area contributed by atoms with Crippen LogP contribution < -0.4 is 4.74 Å². The molecule has 0 aliphatic rings. The van der Waals surface area contributed by atoms with Gasteiger partial charge in [0.2, 0.25) is 0 Å². The second-order valence-electron chi connectivity index (χ2n) is 3.80. The summed E-state index contributed by atoms with van der Waals surface area (Å²) >= 11 is 0. The molecule has 0 bridgehead atoms. The fourth-order valence-corrected chi connectivity index (χ4v) is 1.71. The SMILES string of the molecule is C.COc1ccc(-c2ccc(CC=O)cc2)cc1. The number of carbonyl (C=O) groups excluding carboxylic acids is 1. The van der Waals surface area contributed by atoms with Crippen LogP contribution in [0.25, 0.3) is 11.1 Å². The molecule has 0 amide bonds. The van der Waals surface area contributed by atoms with Gasteiger partial charge < -0.3 is 9.53 Å². The van der Waals surface area contributed by atoms with E-state index in [0.29, 0.717) is 6.42 Å². The Hall–Kier alpha value is -2.09. The van der Waals surface area contributed by atoms with Crippen LogP contribution >= 0.6 is 0 Å². The standard InChI is InChI=1S/C15H14O2.CH4/c1-17-15-8-6-14(7-9-15)13-4-2-12(3-5-13)10-11-16;/h2-9,11H,10H2,1H3;1H4. The van der Waals surface area contributed by atoms with Crippen molar-refractivity contribution in [2.75, 3.05) is 7.11 Å². The van der Waals surface area contributed by atoms with Crippen molar-refractivity contribution in [1.29, 1.82) is 0 Å². The van der Waals surface area contributed by atoms with Crippen LogP contribution in [-0.4, -0.2) is 13.4 Å². The van der Waals surface area contributed by atoms with Crippen molar-refractivity contribution < 1.29 is 9.53 Å². The van der Waals surface area contributed by atoms with Gasteiger partial charge in [-0.1, -0.05) is 43.8 Å². The third-order valence-electron chi connectivity index (χ3n) is 2.70. The third-order valence-corrected chi connectivity index (χ3v) is 2.70. The first-order valence-corrected chi connectivity index (χ1v) is 5.50. The first-order valence-electron chi connectivity index (χ1n) is 5.50. The quantitative estimate of drug-likeness (QED) is 0.763. The number of rotatable bonds is 4. The molecule has 0 spiro atoms. The van der Waals surface area contributed by atoms with Crippen molar-refractivity contribution in [3.8, 4) is 16.9 Å². The highest BCUT2D eigenvalue weighted by Crippen LogP contribution is 2.22. The largest absolute Gasteiger partial charge is 0.497 e. The third kappa shape index (κ3) is 3.20. The van der Waals surface area contributed by atoms with Crippen LogP contribution in [0.5, 0.6) is 5.75 Å². The highest BCUT2D eigenvalue weighted by atomic mass is 16.5. The molecule has 2 heteroatoms. The molecular formula is C16H18O2. The number of hydrogen-bond acceptors (Lipinski definition) is 2. The predicted octanol–water partition coefficient (Wildman–Crippen LogP) is 3.74. The molecule has 0 aliphatic carbocycles. The van der Waals surface area contributed by atoms with E-state index in [9.17, 15) is 4.79 Å². The summed E-state index contributed by atoms with van der Waals surface area (Å²) in [5.74, 6) is 0.853. The Morgan fingerprint density at radius 2 is 1.44 bits per heavy atom. The van der Waals surface area contributed by atoms with Crippen LogP contribution in [0, 0.1) is 0 Å². The zero-order valence-electron chi connectivity index (χ0n) is 9.72. The molecule has 0 heterocycles. The van der Waals surface area contributed by atoms with Gasteiger partial charge in [0, 0.05) is 6.42 Å². The minimum Gasteiger partial charge on any atom is -0.497 e. The molecule has 2 aromatic rings. The Bertz CT molecular complexity index is 484. The fourth-order valence-electron chi connectivity index (χ4n) is 1.71. The van der Waals surface area contributed by atoms with Crippen molar-refractivity contribution in [2.45, 2.75) is 13.8 Å². The molecule has 0 saturated heterocycles. The number of hydrogen-bond donors (Lipinski definition) is 0. The Morgan fingerprint density at radius 3 is 1.89 bits per heavy atom. The van der Waals surface area contributed by atoms with Crippen LogP contribution in [0.4, 0.5) is 0 Å². The average molecular weight is 242 g/mol. The van der Waals surface area contributed by atoms with Gasteiger partial charge in [0.05, 0.1) is 7.11 Å². The summed E-state index contributed by atoms with van der Waals surface area (Å²) in [7, 11) is 1.66. The van der Waals surface area contributed by atoms with Gasteiger partial charge in [-0.2, -0.15) is 0 Å². The zero-order chi connectivity index (χ0) is 12.1. The highest BCUT2D eigenvalue weighted by Gasteiger charge is 1.98. The monoisotopic (exact) mass is 242 g/mol. The van der Waals surface area contributed by atoms with Crippen LogP contribution in [0.1, 0.15) is 13.0 Å². The molecular weight excluding hydrogens is 224 g/mol. The molecule has 2 aromatic carbocycles. The van der Waals surface area contributed by atoms with Gasteiger partial charge >= 0.3 is 0 Å². The first kappa shape index (κ1) is 14.0. The van der Waals surface area contributed by atoms with E-state index in [4.69, 9.17) is 4.74 Å². The Labute approximate surface area is 108 Å². The molecule has 2 rings (SSSR count). The molecule has 0 saturated carbocycles. The number of aldehydes is 1. The van der Waals surface area contributed by atoms with Crippen molar-refractivity contribution in [3.63, 3.8) is 0 Å². The van der Waals surface area contributed by atoms with Gasteiger partial charge in [-0.15, -0.1) is 0 Å². The molecule has 0 unspecified atom stereocenters. The molecule has 0 fully saturated rings. The summed E-state index contributed by atoms with van der Waals surface area (Å²) in [6, 6.07) is 15.9. The van der Waals surface area contributed by atoms with Crippen LogP contribution in [0.3, 0.4) is 0 Å². The van der Waals surface area contributed by atoms with Gasteiger partial charge in [0.25, 0.3) is 0 Å². The van der Waals surface area contributed by atoms with Crippen molar-refractivity contribution in [3.05, 3.63) is 54.1 Å². The Balaban J connectivity index is 0.00000162. The molecule has 0 aliphatic heterocycles. The summed E-state index contributed by atoms with van der Waals surface area (Å²) in [4.78, 5) is 10.4. The topological polar surface area (TPSA) is 26.3 Å². The van der Waals surface area contributed by atoms with E-state index in [1.165, 1.54) is 0 Å². The van der Waals surface area contributed by atoms with Gasteiger partial charge in [-0.3, -0.25) is 0 Å². The van der Waals surface area contributed by atoms with Crippen molar-refractivity contribution in [1.82, 2.24) is 0 Å². The van der Waals surface area contributed by atoms with E-state index in [0.717, 1.165) is 28.7 Å². The maximum absolute atomic E-state index is 10.4. The molecule has 18 heavy (non-hydrogen) atoms. The zero-order valence-corrected chi connectivity index (χ0v) is 9.72. The average Bonchev–Trinajstić information content (AvgIpc) is 2.40. The smallest absolute Gasteiger partial charge is 0.124 e. The van der Waals surface area contributed by atoms with Gasteiger partial charge in [-0.05, 0) is 28.8 Å². The Kier molecular flexibility index (Phi) is 5.12. The summed E-state index contributed by atoms with van der Waals surface area (Å²) < 4.78 is 5.12. The van der Waals surface area contributed by atoms with E-state index >= 15 is 0 Å². The van der Waals surface area contributed by atoms with Crippen molar-refractivity contribution in [2.24, 2.45) is 0 Å². The van der Waals surface area contributed by atoms with Crippen LogP contribution in [0.15, 0.2) is 48.5 Å². The van der Waals surface area contributed by atoms with E-state index in [2.05, 4.69) is 0 Å².